The third-order valence-corrected chi connectivity index (χ3v) is 1.84. The summed E-state index contributed by atoms with van der Waals surface area (Å²) in [6.45, 7) is 1.90. The lowest BCUT2D eigenvalue weighted by atomic mass is 10.2. The molecular weight excluding hydrogens is 224 g/mol. The van der Waals surface area contributed by atoms with Crippen molar-refractivity contribution in [3.8, 4) is 5.75 Å². The molecule has 1 rings (SSSR count). The van der Waals surface area contributed by atoms with E-state index in [0.717, 1.165) is 6.42 Å². The predicted molar refractivity (Wildman–Crippen MR) is 62.6 cm³/mol. The highest BCUT2D eigenvalue weighted by atomic mass is 16.5. The van der Waals surface area contributed by atoms with Crippen LogP contribution in [0.15, 0.2) is 24.3 Å². The maximum absolute atomic E-state index is 10.8. The molecule has 0 fully saturated rings. The third kappa shape index (κ3) is 7.32. The van der Waals surface area contributed by atoms with Gasteiger partial charge in [-0.1, -0.05) is 13.3 Å². The molecule has 0 aromatic heterocycles. The first-order chi connectivity index (χ1) is 8.01. The van der Waals surface area contributed by atoms with Gasteiger partial charge in [-0.05, 0) is 30.7 Å². The normalized spacial score (nSPS) is 9.47. The summed E-state index contributed by atoms with van der Waals surface area (Å²) in [4.78, 5) is 10.8. The molecule has 0 aliphatic rings. The van der Waals surface area contributed by atoms with Gasteiger partial charge < -0.3 is 20.1 Å². The molecule has 0 aliphatic carbocycles. The van der Waals surface area contributed by atoms with Crippen molar-refractivity contribution in [2.45, 2.75) is 26.1 Å². The summed E-state index contributed by atoms with van der Waals surface area (Å²) in [6.07, 6.45) is 0.215. The van der Waals surface area contributed by atoms with Gasteiger partial charge >= 0.3 is 5.97 Å². The molecule has 5 nitrogen and oxygen atoms in total. The Morgan fingerprint density at radius 1 is 1.29 bits per heavy atom. The van der Waals surface area contributed by atoms with Gasteiger partial charge in [-0.25, -0.2) is 4.79 Å². The van der Waals surface area contributed by atoms with Crippen LogP contribution in [0.1, 0.15) is 30.1 Å². The lowest BCUT2D eigenvalue weighted by Gasteiger charge is -1.97. The van der Waals surface area contributed by atoms with Gasteiger partial charge in [0.2, 0.25) is 0 Å². The van der Waals surface area contributed by atoms with E-state index >= 15 is 0 Å². The van der Waals surface area contributed by atoms with Crippen LogP contribution in [0, 0.1) is 0 Å². The standard InChI is InChI=1S/C8H8O3.C4H10O2/c1-11-8(10)6-2-4-7(9)5-3-6;1-2-3-4(5)6/h2-5,9H,1H3;4-6H,2-3H2,1H3. The van der Waals surface area contributed by atoms with E-state index in [4.69, 9.17) is 15.3 Å². The van der Waals surface area contributed by atoms with Crippen molar-refractivity contribution >= 4 is 5.97 Å². The summed E-state index contributed by atoms with van der Waals surface area (Å²) < 4.78 is 4.46. The average molecular weight is 242 g/mol. The first kappa shape index (κ1) is 15.4. The van der Waals surface area contributed by atoms with Crippen molar-refractivity contribution in [1.82, 2.24) is 0 Å². The lowest BCUT2D eigenvalue weighted by Crippen LogP contribution is -2.01. The zero-order chi connectivity index (χ0) is 13.3. The van der Waals surface area contributed by atoms with Crippen molar-refractivity contribution in [2.24, 2.45) is 0 Å². The Balaban J connectivity index is 0.000000366. The predicted octanol–water partition coefficient (Wildman–Crippen LogP) is 1.28. The topological polar surface area (TPSA) is 87.0 Å². The average Bonchev–Trinajstić information content (AvgIpc) is 2.29. The summed E-state index contributed by atoms with van der Waals surface area (Å²) in [6, 6.07) is 5.88. The molecule has 5 heteroatoms. The Kier molecular flexibility index (Phi) is 7.75. The van der Waals surface area contributed by atoms with Gasteiger partial charge in [0.25, 0.3) is 0 Å². The van der Waals surface area contributed by atoms with E-state index in [-0.39, 0.29) is 5.75 Å². The van der Waals surface area contributed by atoms with Gasteiger partial charge in [0, 0.05) is 0 Å². The number of esters is 1. The number of phenols is 1. The molecule has 0 heterocycles. The molecule has 17 heavy (non-hydrogen) atoms. The number of aliphatic hydroxyl groups excluding tert-OH is 1. The number of phenolic OH excluding ortho intramolecular Hbond substituents is 1. The van der Waals surface area contributed by atoms with Gasteiger partial charge in [-0.3, -0.25) is 0 Å². The van der Waals surface area contributed by atoms with Gasteiger partial charge in [0.15, 0.2) is 6.29 Å². The molecular formula is C12H18O5. The van der Waals surface area contributed by atoms with E-state index in [1.807, 2.05) is 6.92 Å². The molecule has 0 unspecified atom stereocenters. The van der Waals surface area contributed by atoms with E-state index in [1.165, 1.54) is 31.4 Å². The molecule has 0 radical (unpaired) electrons. The number of hydrogen-bond acceptors (Lipinski definition) is 5. The second-order valence-corrected chi connectivity index (χ2v) is 3.31. The van der Waals surface area contributed by atoms with E-state index in [9.17, 15) is 4.79 Å². The largest absolute Gasteiger partial charge is 0.508 e. The second-order valence-electron chi connectivity index (χ2n) is 3.31. The van der Waals surface area contributed by atoms with Crippen LogP contribution in [-0.4, -0.2) is 34.7 Å². The van der Waals surface area contributed by atoms with Crippen LogP contribution in [0.3, 0.4) is 0 Å². The molecule has 1 aromatic carbocycles. The summed E-state index contributed by atoms with van der Waals surface area (Å²) in [5.41, 5.74) is 0.435. The summed E-state index contributed by atoms with van der Waals surface area (Å²) in [5.74, 6) is -0.261. The van der Waals surface area contributed by atoms with Gasteiger partial charge in [0.05, 0.1) is 12.7 Å². The fraction of sp³-hybridized carbons (Fsp3) is 0.417. The van der Waals surface area contributed by atoms with E-state index in [0.29, 0.717) is 12.0 Å². The minimum absolute atomic E-state index is 0.137. The number of methoxy groups -OCH3 is 1. The Morgan fingerprint density at radius 2 is 1.82 bits per heavy atom. The van der Waals surface area contributed by atoms with Crippen LogP contribution in [0.5, 0.6) is 5.75 Å². The Bertz CT molecular complexity index is 318. The van der Waals surface area contributed by atoms with Crippen molar-refractivity contribution < 1.29 is 24.9 Å². The zero-order valence-corrected chi connectivity index (χ0v) is 9.96. The van der Waals surface area contributed by atoms with Crippen molar-refractivity contribution in [2.75, 3.05) is 7.11 Å². The van der Waals surface area contributed by atoms with Gasteiger partial charge in [0.1, 0.15) is 5.75 Å². The molecule has 0 saturated carbocycles. The van der Waals surface area contributed by atoms with E-state index < -0.39 is 12.3 Å². The number of aliphatic hydroxyl groups is 2. The minimum atomic E-state index is -1.10. The molecule has 0 bridgehead atoms. The van der Waals surface area contributed by atoms with Gasteiger partial charge in [-0.15, -0.1) is 0 Å². The van der Waals surface area contributed by atoms with Crippen LogP contribution in [0.25, 0.3) is 0 Å². The summed E-state index contributed by atoms with van der Waals surface area (Å²) in [5, 5.41) is 25.1. The molecule has 3 N–H and O–H groups in total. The number of ether oxygens (including phenoxy) is 1. The minimum Gasteiger partial charge on any atom is -0.508 e. The highest BCUT2D eigenvalue weighted by Crippen LogP contribution is 2.09. The van der Waals surface area contributed by atoms with Gasteiger partial charge in [-0.2, -0.15) is 0 Å². The molecule has 0 amide bonds. The molecule has 0 aliphatic heterocycles. The number of hydrogen-bond donors (Lipinski definition) is 3. The second kappa shape index (κ2) is 8.55. The van der Waals surface area contributed by atoms with Crippen molar-refractivity contribution in [3.05, 3.63) is 29.8 Å². The molecule has 96 valence electrons. The Morgan fingerprint density at radius 3 is 2.12 bits per heavy atom. The monoisotopic (exact) mass is 242 g/mol. The fourth-order valence-corrected chi connectivity index (χ4v) is 0.974. The highest BCUT2D eigenvalue weighted by molar-refractivity contribution is 5.89. The number of aromatic hydroxyl groups is 1. The number of carbonyl (C=O) groups excluding carboxylic acids is 1. The first-order valence-electron chi connectivity index (χ1n) is 5.24. The van der Waals surface area contributed by atoms with Crippen molar-refractivity contribution in [1.29, 1.82) is 0 Å². The molecule has 0 atom stereocenters. The molecule has 0 spiro atoms. The maximum atomic E-state index is 10.8. The van der Waals surface area contributed by atoms with Crippen molar-refractivity contribution in [3.63, 3.8) is 0 Å². The maximum Gasteiger partial charge on any atom is 0.337 e. The smallest absolute Gasteiger partial charge is 0.337 e. The first-order valence-corrected chi connectivity index (χ1v) is 5.24. The Labute approximate surface area is 100 Å². The quantitative estimate of drug-likeness (QED) is 0.549. The Hall–Kier alpha value is -1.59. The van der Waals surface area contributed by atoms with Crippen LogP contribution in [-0.2, 0) is 4.74 Å². The van der Waals surface area contributed by atoms with Crippen LogP contribution in [0.2, 0.25) is 0 Å². The third-order valence-electron chi connectivity index (χ3n) is 1.84. The van der Waals surface area contributed by atoms with Crippen LogP contribution < -0.4 is 0 Å². The SMILES string of the molecule is CCCC(O)O.COC(=O)c1ccc(O)cc1. The number of benzene rings is 1. The van der Waals surface area contributed by atoms with Crippen LogP contribution >= 0.6 is 0 Å². The van der Waals surface area contributed by atoms with Crippen LogP contribution in [0.4, 0.5) is 0 Å². The lowest BCUT2D eigenvalue weighted by molar-refractivity contribution is -0.0453. The number of carbonyl (C=O) groups is 1. The molecule has 1 aromatic rings. The summed E-state index contributed by atoms with van der Waals surface area (Å²) in [7, 11) is 1.31. The number of rotatable bonds is 3. The highest BCUT2D eigenvalue weighted by Gasteiger charge is 2.02. The van der Waals surface area contributed by atoms with E-state index in [1.54, 1.807) is 0 Å². The fourth-order valence-electron chi connectivity index (χ4n) is 0.974. The molecule has 0 saturated heterocycles. The zero-order valence-electron chi connectivity index (χ0n) is 9.96. The summed E-state index contributed by atoms with van der Waals surface area (Å²) >= 11 is 0. The van der Waals surface area contributed by atoms with E-state index in [2.05, 4.69) is 4.74 Å².